The van der Waals surface area contributed by atoms with Gasteiger partial charge in [-0.05, 0) is 56.2 Å². The fourth-order valence-electron chi connectivity index (χ4n) is 3.92. The summed E-state index contributed by atoms with van der Waals surface area (Å²) in [5, 5.41) is 4.93. The SMILES string of the molecule is C[C@H](OC(=O)CCC(=O)c1ccc2c(c1)CCC2)C(=O)NC(=O)NC1CCCC1. The van der Waals surface area contributed by atoms with E-state index in [1.54, 1.807) is 6.07 Å². The van der Waals surface area contributed by atoms with Crippen molar-refractivity contribution in [3.05, 3.63) is 34.9 Å². The molecule has 0 aliphatic heterocycles. The van der Waals surface area contributed by atoms with Crippen molar-refractivity contribution in [1.82, 2.24) is 10.6 Å². The molecule has 3 amide bonds. The molecule has 2 aliphatic rings. The molecule has 0 heterocycles. The van der Waals surface area contributed by atoms with Gasteiger partial charge in [-0.3, -0.25) is 19.7 Å². The van der Waals surface area contributed by atoms with Crippen molar-refractivity contribution in [2.75, 3.05) is 0 Å². The summed E-state index contributed by atoms with van der Waals surface area (Å²) < 4.78 is 5.06. The molecule has 156 valence electrons. The van der Waals surface area contributed by atoms with E-state index in [4.69, 9.17) is 4.74 Å². The lowest BCUT2D eigenvalue weighted by molar-refractivity contribution is -0.154. The smallest absolute Gasteiger partial charge is 0.321 e. The van der Waals surface area contributed by atoms with Crippen LogP contribution in [0, 0.1) is 0 Å². The van der Waals surface area contributed by atoms with E-state index in [0.29, 0.717) is 5.56 Å². The molecule has 1 aromatic carbocycles. The zero-order valence-electron chi connectivity index (χ0n) is 16.8. The minimum Gasteiger partial charge on any atom is -0.453 e. The van der Waals surface area contributed by atoms with Crippen LogP contribution in [0.5, 0.6) is 0 Å². The van der Waals surface area contributed by atoms with E-state index in [2.05, 4.69) is 10.6 Å². The minimum atomic E-state index is -1.10. The summed E-state index contributed by atoms with van der Waals surface area (Å²) in [4.78, 5) is 48.2. The first-order valence-corrected chi connectivity index (χ1v) is 10.4. The number of amides is 3. The molecule has 2 N–H and O–H groups in total. The highest BCUT2D eigenvalue weighted by molar-refractivity contribution is 5.99. The lowest BCUT2D eigenvalue weighted by atomic mass is 10.0. The van der Waals surface area contributed by atoms with Crippen LogP contribution in [-0.2, 0) is 27.2 Å². The van der Waals surface area contributed by atoms with Gasteiger partial charge in [0.2, 0.25) is 0 Å². The van der Waals surface area contributed by atoms with Crippen LogP contribution in [0.2, 0.25) is 0 Å². The normalized spacial score (nSPS) is 16.7. The maximum Gasteiger partial charge on any atom is 0.321 e. The number of aryl methyl sites for hydroxylation is 2. The molecule has 1 fully saturated rings. The van der Waals surface area contributed by atoms with Crippen molar-refractivity contribution >= 4 is 23.7 Å². The molecule has 7 nitrogen and oxygen atoms in total. The van der Waals surface area contributed by atoms with Crippen molar-refractivity contribution in [3.8, 4) is 0 Å². The van der Waals surface area contributed by atoms with Gasteiger partial charge in [-0.1, -0.05) is 25.0 Å². The second-order valence-electron chi connectivity index (χ2n) is 7.84. The molecule has 0 aromatic heterocycles. The van der Waals surface area contributed by atoms with Gasteiger partial charge in [0, 0.05) is 18.0 Å². The van der Waals surface area contributed by atoms with Crippen molar-refractivity contribution in [2.45, 2.75) is 76.9 Å². The predicted molar refractivity (Wildman–Crippen MR) is 107 cm³/mol. The maximum atomic E-state index is 12.3. The van der Waals surface area contributed by atoms with Gasteiger partial charge in [-0.2, -0.15) is 0 Å². The van der Waals surface area contributed by atoms with Gasteiger partial charge in [0.1, 0.15) is 0 Å². The molecule has 0 spiro atoms. The van der Waals surface area contributed by atoms with Crippen LogP contribution in [0.4, 0.5) is 4.79 Å². The number of benzene rings is 1. The van der Waals surface area contributed by atoms with Crippen molar-refractivity contribution in [3.63, 3.8) is 0 Å². The molecule has 1 atom stereocenters. The number of nitrogens with one attached hydrogen (secondary N) is 2. The number of esters is 1. The van der Waals surface area contributed by atoms with Crippen LogP contribution >= 0.6 is 0 Å². The Labute approximate surface area is 170 Å². The summed E-state index contributed by atoms with van der Waals surface area (Å²) in [7, 11) is 0. The molecule has 0 bridgehead atoms. The Morgan fingerprint density at radius 3 is 2.52 bits per heavy atom. The van der Waals surface area contributed by atoms with Crippen LogP contribution < -0.4 is 10.6 Å². The molecule has 1 saturated carbocycles. The molecule has 7 heteroatoms. The van der Waals surface area contributed by atoms with Crippen LogP contribution in [-0.4, -0.2) is 35.8 Å². The number of fused-ring (bicyclic) bond motifs is 1. The zero-order valence-corrected chi connectivity index (χ0v) is 16.8. The number of carbonyl (C=O) groups excluding carboxylic acids is 4. The molecular formula is C22H28N2O5. The van der Waals surface area contributed by atoms with Crippen LogP contribution in [0.1, 0.15) is 73.4 Å². The first kappa shape index (κ1) is 21.0. The number of imide groups is 1. The summed E-state index contributed by atoms with van der Waals surface area (Å²) in [6, 6.07) is 5.21. The van der Waals surface area contributed by atoms with Crippen LogP contribution in [0.25, 0.3) is 0 Å². The monoisotopic (exact) mass is 400 g/mol. The molecule has 3 rings (SSSR count). The molecule has 0 saturated heterocycles. The highest BCUT2D eigenvalue weighted by Gasteiger charge is 2.23. The number of Topliss-reactive ketones (excluding diaryl/α,β-unsaturated/α-hetero) is 1. The molecular weight excluding hydrogens is 372 g/mol. The maximum absolute atomic E-state index is 12.3. The number of ether oxygens (including phenoxy) is 1. The Kier molecular flexibility index (Phi) is 7.01. The lowest BCUT2D eigenvalue weighted by Gasteiger charge is -2.15. The lowest BCUT2D eigenvalue weighted by Crippen LogP contribution is -2.47. The van der Waals surface area contributed by atoms with E-state index >= 15 is 0 Å². The average Bonchev–Trinajstić information content (AvgIpc) is 3.36. The van der Waals surface area contributed by atoms with Gasteiger partial charge in [-0.25, -0.2) is 4.79 Å². The first-order valence-electron chi connectivity index (χ1n) is 10.4. The van der Waals surface area contributed by atoms with Gasteiger partial charge >= 0.3 is 12.0 Å². The second kappa shape index (κ2) is 9.67. The highest BCUT2D eigenvalue weighted by atomic mass is 16.5. The fourth-order valence-corrected chi connectivity index (χ4v) is 3.92. The van der Waals surface area contributed by atoms with E-state index in [1.807, 2.05) is 12.1 Å². The molecule has 29 heavy (non-hydrogen) atoms. The largest absolute Gasteiger partial charge is 0.453 e. The Bertz CT molecular complexity index is 798. The Morgan fingerprint density at radius 1 is 1.03 bits per heavy atom. The number of rotatable bonds is 7. The minimum absolute atomic E-state index is 0.0219. The quantitative estimate of drug-likeness (QED) is 0.541. The number of ketones is 1. The topological polar surface area (TPSA) is 102 Å². The van der Waals surface area contributed by atoms with Crippen molar-refractivity contribution in [2.24, 2.45) is 0 Å². The number of carbonyl (C=O) groups is 4. The molecule has 0 unspecified atom stereocenters. The predicted octanol–water partition coefficient (Wildman–Crippen LogP) is 2.84. The second-order valence-corrected chi connectivity index (χ2v) is 7.84. The summed E-state index contributed by atoms with van der Waals surface area (Å²) in [5.74, 6) is -1.44. The zero-order chi connectivity index (χ0) is 20.8. The van der Waals surface area contributed by atoms with E-state index in [9.17, 15) is 19.2 Å². The number of hydrogen-bond donors (Lipinski definition) is 2. The summed E-state index contributed by atoms with van der Waals surface area (Å²) in [5.41, 5.74) is 3.10. The highest BCUT2D eigenvalue weighted by Crippen LogP contribution is 2.23. The average molecular weight is 400 g/mol. The van der Waals surface area contributed by atoms with E-state index < -0.39 is 24.0 Å². The van der Waals surface area contributed by atoms with Crippen molar-refractivity contribution < 1.29 is 23.9 Å². The number of urea groups is 1. The Hall–Kier alpha value is -2.70. The van der Waals surface area contributed by atoms with Gasteiger partial charge < -0.3 is 10.1 Å². The molecule has 0 radical (unpaired) electrons. The first-order chi connectivity index (χ1) is 13.9. The summed E-state index contributed by atoms with van der Waals surface area (Å²) in [6.07, 6.45) is 5.90. The standard InChI is InChI=1S/C22H28N2O5/c1-14(21(27)24-22(28)23-18-7-2-3-8-18)29-20(26)12-11-19(25)17-10-9-15-5-4-6-16(15)13-17/h9-10,13-14,18H,2-8,11-12H2,1H3,(H2,23,24,27,28)/t14-/m0/s1. The Balaban J connectivity index is 1.39. The van der Waals surface area contributed by atoms with Gasteiger partial charge in [0.15, 0.2) is 11.9 Å². The van der Waals surface area contributed by atoms with Crippen molar-refractivity contribution in [1.29, 1.82) is 0 Å². The van der Waals surface area contributed by atoms with E-state index in [-0.39, 0.29) is 24.7 Å². The van der Waals surface area contributed by atoms with Gasteiger partial charge in [0.25, 0.3) is 5.91 Å². The summed E-state index contributed by atoms with van der Waals surface area (Å²) >= 11 is 0. The van der Waals surface area contributed by atoms with E-state index in [0.717, 1.165) is 44.9 Å². The summed E-state index contributed by atoms with van der Waals surface area (Å²) in [6.45, 7) is 1.40. The third kappa shape index (κ3) is 5.89. The van der Waals surface area contributed by atoms with E-state index in [1.165, 1.54) is 18.1 Å². The third-order valence-electron chi connectivity index (χ3n) is 5.58. The fraction of sp³-hybridized carbons (Fsp3) is 0.545. The van der Waals surface area contributed by atoms with Crippen LogP contribution in [0.3, 0.4) is 0 Å². The number of hydrogen-bond acceptors (Lipinski definition) is 5. The Morgan fingerprint density at radius 2 is 1.76 bits per heavy atom. The van der Waals surface area contributed by atoms with Gasteiger partial charge in [-0.15, -0.1) is 0 Å². The van der Waals surface area contributed by atoms with Gasteiger partial charge in [0.05, 0.1) is 6.42 Å². The molecule has 1 aromatic rings. The molecule has 2 aliphatic carbocycles. The van der Waals surface area contributed by atoms with Crippen LogP contribution in [0.15, 0.2) is 18.2 Å². The third-order valence-corrected chi connectivity index (χ3v) is 5.58.